The van der Waals surface area contributed by atoms with Crippen LogP contribution in [0, 0.1) is 13.8 Å². The van der Waals surface area contributed by atoms with E-state index in [1.54, 1.807) is 0 Å². The van der Waals surface area contributed by atoms with E-state index in [1.807, 2.05) is 0 Å². The van der Waals surface area contributed by atoms with E-state index in [2.05, 4.69) is 62.4 Å². The lowest BCUT2D eigenvalue weighted by atomic mass is 9.88. The minimum Gasteiger partial charge on any atom is -0.328 e. The number of rotatable bonds is 6. The van der Waals surface area contributed by atoms with Crippen LogP contribution < -0.4 is 0 Å². The predicted molar refractivity (Wildman–Crippen MR) is 86.1 cm³/mol. The van der Waals surface area contributed by atoms with Gasteiger partial charge in [0.25, 0.3) is 0 Å². The Morgan fingerprint density at radius 1 is 0.857 bits per heavy atom. The van der Waals surface area contributed by atoms with Crippen molar-refractivity contribution >= 4 is 8.60 Å². The van der Waals surface area contributed by atoms with Crippen LogP contribution in [-0.2, 0) is 4.52 Å². The molecule has 0 fully saturated rings. The molecule has 0 saturated carbocycles. The average molecular weight is 304 g/mol. The highest BCUT2D eigenvalue weighted by atomic mass is 31.2. The van der Waals surface area contributed by atoms with Gasteiger partial charge in [-0.1, -0.05) is 59.7 Å². The van der Waals surface area contributed by atoms with Crippen molar-refractivity contribution in [2.24, 2.45) is 0 Å². The molecule has 2 rings (SSSR count). The van der Waals surface area contributed by atoms with Crippen molar-refractivity contribution < 1.29 is 14.3 Å². The average Bonchev–Trinajstić information content (AvgIpc) is 2.46. The van der Waals surface area contributed by atoms with Crippen molar-refractivity contribution in [1.82, 2.24) is 0 Å². The van der Waals surface area contributed by atoms with Gasteiger partial charge in [-0.05, 0) is 31.4 Å². The highest BCUT2D eigenvalue weighted by molar-refractivity contribution is 7.39. The van der Waals surface area contributed by atoms with Gasteiger partial charge in [-0.15, -0.1) is 0 Å². The van der Waals surface area contributed by atoms with Gasteiger partial charge in [-0.3, -0.25) is 0 Å². The summed E-state index contributed by atoms with van der Waals surface area (Å²) in [4.78, 5) is 17.8. The molecule has 0 heterocycles. The van der Waals surface area contributed by atoms with Gasteiger partial charge in [0.2, 0.25) is 0 Å². The van der Waals surface area contributed by atoms with Crippen LogP contribution in [0.5, 0.6) is 0 Å². The first-order chi connectivity index (χ1) is 10.1. The summed E-state index contributed by atoms with van der Waals surface area (Å²) >= 11 is 0. The van der Waals surface area contributed by atoms with E-state index < -0.39 is 8.60 Å². The van der Waals surface area contributed by atoms with Crippen molar-refractivity contribution in [2.75, 3.05) is 6.61 Å². The second kappa shape index (κ2) is 7.67. The van der Waals surface area contributed by atoms with Crippen molar-refractivity contribution in [3.63, 3.8) is 0 Å². The van der Waals surface area contributed by atoms with E-state index in [0.717, 1.165) is 0 Å². The summed E-state index contributed by atoms with van der Waals surface area (Å²) in [5, 5.41) is 0. The smallest absolute Gasteiger partial charge is 0.327 e. The molecule has 21 heavy (non-hydrogen) atoms. The third-order valence-corrected chi connectivity index (χ3v) is 3.99. The minimum absolute atomic E-state index is 0.196. The van der Waals surface area contributed by atoms with Crippen molar-refractivity contribution in [3.05, 3.63) is 70.8 Å². The van der Waals surface area contributed by atoms with Crippen LogP contribution in [0.4, 0.5) is 0 Å². The number of hydrogen-bond donors (Lipinski definition) is 2. The molecule has 2 N–H and O–H groups in total. The molecule has 4 heteroatoms. The first-order valence-corrected chi connectivity index (χ1v) is 8.16. The van der Waals surface area contributed by atoms with Gasteiger partial charge in [0.05, 0.1) is 6.61 Å². The topological polar surface area (TPSA) is 49.7 Å². The van der Waals surface area contributed by atoms with Crippen LogP contribution in [0.15, 0.2) is 48.5 Å². The van der Waals surface area contributed by atoms with Crippen LogP contribution in [-0.4, -0.2) is 16.4 Å². The van der Waals surface area contributed by atoms with Gasteiger partial charge in [-0.25, -0.2) is 0 Å². The Balaban J connectivity index is 2.21. The molecule has 0 amide bonds. The fraction of sp³-hybridized carbons (Fsp3) is 0.294. The standard InChI is InChI=1S/C17H21O3P/c1-13-3-7-15(8-4-13)17(11-12-20-21(18)19)16-9-5-14(2)6-10-16/h3-10,17-19H,11-12H2,1-2H3. The van der Waals surface area contributed by atoms with E-state index >= 15 is 0 Å². The lowest BCUT2D eigenvalue weighted by Gasteiger charge is -2.18. The van der Waals surface area contributed by atoms with E-state index in [0.29, 0.717) is 13.0 Å². The van der Waals surface area contributed by atoms with Gasteiger partial charge < -0.3 is 14.3 Å². The highest BCUT2D eigenvalue weighted by Crippen LogP contribution is 2.31. The zero-order valence-electron chi connectivity index (χ0n) is 12.4. The van der Waals surface area contributed by atoms with Crippen LogP contribution in [0.2, 0.25) is 0 Å². The highest BCUT2D eigenvalue weighted by Gasteiger charge is 2.15. The number of benzene rings is 2. The first-order valence-electron chi connectivity index (χ1n) is 7.00. The monoisotopic (exact) mass is 304 g/mol. The lowest BCUT2D eigenvalue weighted by molar-refractivity contribution is 0.248. The third-order valence-electron chi connectivity index (χ3n) is 3.57. The van der Waals surface area contributed by atoms with Gasteiger partial charge >= 0.3 is 8.60 Å². The molecule has 0 aromatic heterocycles. The fourth-order valence-electron chi connectivity index (χ4n) is 2.38. The van der Waals surface area contributed by atoms with E-state index in [4.69, 9.17) is 14.3 Å². The summed E-state index contributed by atoms with van der Waals surface area (Å²) in [6.45, 7) is 4.46. The number of hydrogen-bond acceptors (Lipinski definition) is 3. The Kier molecular flexibility index (Phi) is 5.89. The number of aryl methyl sites for hydroxylation is 2. The summed E-state index contributed by atoms with van der Waals surface area (Å²) < 4.78 is 4.94. The summed E-state index contributed by atoms with van der Waals surface area (Å²) in [5.74, 6) is 0.196. The zero-order chi connectivity index (χ0) is 15.2. The van der Waals surface area contributed by atoms with E-state index in [-0.39, 0.29) is 5.92 Å². The molecule has 2 aromatic carbocycles. The maximum absolute atomic E-state index is 8.88. The maximum atomic E-state index is 8.88. The summed E-state index contributed by atoms with van der Waals surface area (Å²) in [5.41, 5.74) is 4.89. The fourth-order valence-corrected chi connectivity index (χ4v) is 2.64. The Hall–Kier alpha value is -1.25. The SMILES string of the molecule is Cc1ccc(C(CCOP(O)O)c2ccc(C)cc2)cc1. The predicted octanol–water partition coefficient (Wildman–Crippen LogP) is 4.05. The zero-order valence-corrected chi connectivity index (χ0v) is 13.3. The molecule has 112 valence electrons. The van der Waals surface area contributed by atoms with E-state index in [9.17, 15) is 0 Å². The van der Waals surface area contributed by atoms with Gasteiger partial charge in [0.15, 0.2) is 0 Å². The normalized spacial score (nSPS) is 11.3. The molecule has 0 aliphatic rings. The van der Waals surface area contributed by atoms with Crippen LogP contribution in [0.25, 0.3) is 0 Å². The molecule has 0 saturated heterocycles. The maximum Gasteiger partial charge on any atom is 0.327 e. The molecule has 0 aliphatic heterocycles. The molecule has 0 atom stereocenters. The van der Waals surface area contributed by atoms with Crippen LogP contribution in [0.3, 0.4) is 0 Å². The Morgan fingerprint density at radius 3 is 1.67 bits per heavy atom. The van der Waals surface area contributed by atoms with Gasteiger partial charge in [-0.2, -0.15) is 0 Å². The largest absolute Gasteiger partial charge is 0.328 e. The van der Waals surface area contributed by atoms with Crippen LogP contribution in [0.1, 0.15) is 34.6 Å². The molecule has 0 aliphatic carbocycles. The second-order valence-electron chi connectivity index (χ2n) is 5.25. The third kappa shape index (κ3) is 4.90. The first kappa shape index (κ1) is 16.1. The molecule has 0 bridgehead atoms. The summed E-state index contributed by atoms with van der Waals surface area (Å²) in [7, 11) is -2.28. The lowest BCUT2D eigenvalue weighted by Crippen LogP contribution is -2.05. The summed E-state index contributed by atoms with van der Waals surface area (Å²) in [6.07, 6.45) is 0.714. The molecule has 0 radical (unpaired) electrons. The van der Waals surface area contributed by atoms with Gasteiger partial charge in [0.1, 0.15) is 0 Å². The molecular formula is C17H21O3P. The quantitative estimate of drug-likeness (QED) is 0.791. The molecular weight excluding hydrogens is 283 g/mol. The molecule has 3 nitrogen and oxygen atoms in total. The minimum atomic E-state index is -2.28. The molecule has 2 aromatic rings. The van der Waals surface area contributed by atoms with Crippen molar-refractivity contribution in [1.29, 1.82) is 0 Å². The summed E-state index contributed by atoms with van der Waals surface area (Å²) in [6, 6.07) is 16.9. The van der Waals surface area contributed by atoms with Crippen molar-refractivity contribution in [2.45, 2.75) is 26.2 Å². The van der Waals surface area contributed by atoms with Crippen LogP contribution >= 0.6 is 8.60 Å². The molecule has 0 spiro atoms. The Morgan fingerprint density at radius 2 is 1.29 bits per heavy atom. The van der Waals surface area contributed by atoms with E-state index in [1.165, 1.54) is 22.3 Å². The molecule has 0 unspecified atom stereocenters. The van der Waals surface area contributed by atoms with Gasteiger partial charge in [0, 0.05) is 5.92 Å². The Bertz CT molecular complexity index is 504. The van der Waals surface area contributed by atoms with Crippen molar-refractivity contribution in [3.8, 4) is 0 Å². The second-order valence-corrected chi connectivity index (χ2v) is 6.01. The Labute approximate surface area is 127 Å².